The van der Waals surface area contributed by atoms with Gasteiger partial charge in [0.2, 0.25) is 0 Å². The number of benzene rings is 2. The Kier molecular flexibility index (Phi) is 5.69. The van der Waals surface area contributed by atoms with Gasteiger partial charge in [-0.3, -0.25) is 4.79 Å². The van der Waals surface area contributed by atoms with Crippen LogP contribution in [0.3, 0.4) is 0 Å². The number of ether oxygens (including phenoxy) is 1. The zero-order chi connectivity index (χ0) is 18.4. The maximum absolute atomic E-state index is 11.9. The minimum absolute atomic E-state index is 0.0191. The lowest BCUT2D eigenvalue weighted by Crippen LogP contribution is -2.30. The number of aryl methyl sites for hydroxylation is 1. The van der Waals surface area contributed by atoms with Crippen LogP contribution in [0.4, 0.5) is 0 Å². The fourth-order valence-electron chi connectivity index (χ4n) is 2.90. The summed E-state index contributed by atoms with van der Waals surface area (Å²) in [5, 5.41) is 7.54. The molecule has 0 saturated carbocycles. The molecule has 0 aliphatic heterocycles. The molecule has 3 rings (SSSR count). The molecule has 0 bridgehead atoms. The predicted molar refractivity (Wildman–Crippen MR) is 102 cm³/mol. The summed E-state index contributed by atoms with van der Waals surface area (Å²) in [5.74, 6) is 0.568. The Balaban J connectivity index is 1.53. The molecule has 5 nitrogen and oxygen atoms in total. The van der Waals surface area contributed by atoms with Crippen LogP contribution < -0.4 is 10.1 Å². The standard InChI is InChI=1S/C21H23N3O2/c1-16-20(17(2)24(23-16)18-9-5-3-6-10-18)13-14-22-21(25)15-26-19-11-7-4-8-12-19/h3-12H,13-15H2,1-2H3,(H,22,25). The van der Waals surface area contributed by atoms with Gasteiger partial charge in [-0.05, 0) is 50.1 Å². The first-order valence-electron chi connectivity index (χ1n) is 8.70. The molecule has 134 valence electrons. The number of carbonyl (C=O) groups excluding carboxylic acids is 1. The zero-order valence-corrected chi connectivity index (χ0v) is 15.1. The predicted octanol–water partition coefficient (Wildman–Crippen LogP) is 3.23. The molecule has 5 heteroatoms. The number of carbonyl (C=O) groups is 1. The molecule has 0 spiro atoms. The van der Waals surface area contributed by atoms with Gasteiger partial charge in [0.1, 0.15) is 5.75 Å². The van der Waals surface area contributed by atoms with Crippen LogP contribution in [0.25, 0.3) is 5.69 Å². The van der Waals surface area contributed by atoms with Gasteiger partial charge < -0.3 is 10.1 Å². The van der Waals surface area contributed by atoms with E-state index < -0.39 is 0 Å². The average molecular weight is 349 g/mol. The van der Waals surface area contributed by atoms with Gasteiger partial charge in [0.25, 0.3) is 5.91 Å². The van der Waals surface area contributed by atoms with Crippen molar-refractivity contribution in [3.05, 3.63) is 77.6 Å². The van der Waals surface area contributed by atoms with E-state index in [1.807, 2.05) is 72.3 Å². The summed E-state index contributed by atoms with van der Waals surface area (Å²) in [7, 11) is 0. The van der Waals surface area contributed by atoms with Gasteiger partial charge in [-0.15, -0.1) is 0 Å². The van der Waals surface area contributed by atoms with Crippen LogP contribution in [0, 0.1) is 13.8 Å². The highest BCUT2D eigenvalue weighted by atomic mass is 16.5. The summed E-state index contributed by atoms with van der Waals surface area (Å²) in [4.78, 5) is 11.9. The number of nitrogens with one attached hydrogen (secondary N) is 1. The van der Waals surface area contributed by atoms with Crippen LogP contribution in [0.1, 0.15) is 17.0 Å². The van der Waals surface area contributed by atoms with Gasteiger partial charge in [-0.25, -0.2) is 4.68 Å². The van der Waals surface area contributed by atoms with Crippen LogP contribution in [-0.2, 0) is 11.2 Å². The highest BCUT2D eigenvalue weighted by Gasteiger charge is 2.13. The summed E-state index contributed by atoms with van der Waals surface area (Å²) in [6.07, 6.45) is 0.738. The Labute approximate surface area is 153 Å². The molecule has 0 aliphatic carbocycles. The van der Waals surface area contributed by atoms with Crippen LogP contribution >= 0.6 is 0 Å². The Bertz CT molecular complexity index is 858. The number of nitrogens with zero attached hydrogens (tertiary/aromatic N) is 2. The fourth-order valence-corrected chi connectivity index (χ4v) is 2.90. The summed E-state index contributed by atoms with van der Waals surface area (Å²) in [5.41, 5.74) is 4.29. The third-order valence-electron chi connectivity index (χ3n) is 4.25. The minimum atomic E-state index is -0.125. The van der Waals surface area contributed by atoms with Gasteiger partial charge in [0.15, 0.2) is 6.61 Å². The quantitative estimate of drug-likeness (QED) is 0.712. The van der Waals surface area contributed by atoms with Crippen molar-refractivity contribution in [3.8, 4) is 11.4 Å². The molecule has 1 heterocycles. The van der Waals surface area contributed by atoms with Crippen molar-refractivity contribution < 1.29 is 9.53 Å². The number of aromatic nitrogens is 2. The molecule has 0 unspecified atom stereocenters. The van der Waals surface area contributed by atoms with E-state index in [4.69, 9.17) is 4.74 Å². The molecule has 1 aromatic heterocycles. The largest absolute Gasteiger partial charge is 0.484 e. The van der Waals surface area contributed by atoms with E-state index >= 15 is 0 Å². The third-order valence-corrected chi connectivity index (χ3v) is 4.25. The van der Waals surface area contributed by atoms with E-state index in [-0.39, 0.29) is 12.5 Å². The van der Waals surface area contributed by atoms with E-state index in [1.54, 1.807) is 0 Å². The number of hydrogen-bond donors (Lipinski definition) is 1. The molecule has 0 atom stereocenters. The normalized spacial score (nSPS) is 10.5. The molecule has 2 aromatic carbocycles. The van der Waals surface area contributed by atoms with E-state index in [9.17, 15) is 4.79 Å². The monoisotopic (exact) mass is 349 g/mol. The summed E-state index contributed by atoms with van der Waals surface area (Å²) in [6.45, 7) is 4.63. The van der Waals surface area contributed by atoms with Crippen LogP contribution in [0.2, 0.25) is 0 Å². The number of rotatable bonds is 7. The van der Waals surface area contributed by atoms with Gasteiger partial charge in [0, 0.05) is 12.2 Å². The maximum Gasteiger partial charge on any atom is 0.257 e. The Hall–Kier alpha value is -3.08. The second kappa shape index (κ2) is 8.34. The molecule has 0 fully saturated rings. The van der Waals surface area contributed by atoms with Crippen LogP contribution in [0.5, 0.6) is 5.75 Å². The van der Waals surface area contributed by atoms with Crippen molar-refractivity contribution >= 4 is 5.91 Å². The molecule has 0 radical (unpaired) electrons. The molecule has 3 aromatic rings. The lowest BCUT2D eigenvalue weighted by Gasteiger charge is -2.08. The van der Waals surface area contributed by atoms with E-state index in [0.717, 1.165) is 29.1 Å². The first-order chi connectivity index (χ1) is 12.6. The molecule has 26 heavy (non-hydrogen) atoms. The first kappa shape index (κ1) is 17.7. The highest BCUT2D eigenvalue weighted by Crippen LogP contribution is 2.18. The third kappa shape index (κ3) is 4.30. The minimum Gasteiger partial charge on any atom is -0.484 e. The van der Waals surface area contributed by atoms with Crippen LogP contribution in [0.15, 0.2) is 60.7 Å². The van der Waals surface area contributed by atoms with E-state index in [2.05, 4.69) is 17.3 Å². The van der Waals surface area contributed by atoms with Crippen molar-refractivity contribution in [2.24, 2.45) is 0 Å². The van der Waals surface area contributed by atoms with Gasteiger partial charge >= 0.3 is 0 Å². The second-order valence-electron chi connectivity index (χ2n) is 6.10. The molecule has 1 N–H and O–H groups in total. The van der Waals surface area contributed by atoms with Crippen molar-refractivity contribution in [3.63, 3.8) is 0 Å². The van der Waals surface area contributed by atoms with Gasteiger partial charge in [0.05, 0.1) is 11.4 Å². The van der Waals surface area contributed by atoms with E-state index in [0.29, 0.717) is 12.3 Å². The SMILES string of the molecule is Cc1nn(-c2ccccc2)c(C)c1CCNC(=O)COc1ccccc1. The van der Waals surface area contributed by atoms with Gasteiger partial charge in [-0.1, -0.05) is 36.4 Å². The van der Waals surface area contributed by atoms with Crippen LogP contribution in [-0.4, -0.2) is 28.8 Å². The first-order valence-corrected chi connectivity index (χ1v) is 8.70. The number of para-hydroxylation sites is 2. The topological polar surface area (TPSA) is 56.2 Å². The molecule has 0 aliphatic rings. The Morgan fingerprint density at radius 2 is 1.69 bits per heavy atom. The molecule has 0 saturated heterocycles. The van der Waals surface area contributed by atoms with Crippen molar-refractivity contribution in [2.75, 3.05) is 13.2 Å². The molecule has 1 amide bonds. The second-order valence-corrected chi connectivity index (χ2v) is 6.10. The Morgan fingerprint density at radius 3 is 2.38 bits per heavy atom. The average Bonchev–Trinajstić information content (AvgIpc) is 2.96. The fraction of sp³-hybridized carbons (Fsp3) is 0.238. The Morgan fingerprint density at radius 1 is 1.04 bits per heavy atom. The highest BCUT2D eigenvalue weighted by molar-refractivity contribution is 5.77. The summed E-state index contributed by atoms with van der Waals surface area (Å²) < 4.78 is 7.40. The van der Waals surface area contributed by atoms with Crippen molar-refractivity contribution in [1.29, 1.82) is 0 Å². The smallest absolute Gasteiger partial charge is 0.257 e. The van der Waals surface area contributed by atoms with E-state index in [1.165, 1.54) is 0 Å². The van der Waals surface area contributed by atoms with Crippen molar-refractivity contribution in [2.45, 2.75) is 20.3 Å². The lowest BCUT2D eigenvalue weighted by molar-refractivity contribution is -0.123. The number of amides is 1. The van der Waals surface area contributed by atoms with Crippen molar-refractivity contribution in [1.82, 2.24) is 15.1 Å². The molecular formula is C21H23N3O2. The van der Waals surface area contributed by atoms with Gasteiger partial charge in [-0.2, -0.15) is 5.10 Å². The lowest BCUT2D eigenvalue weighted by atomic mass is 10.1. The zero-order valence-electron chi connectivity index (χ0n) is 15.1. The maximum atomic E-state index is 11.9. The summed E-state index contributed by atoms with van der Waals surface area (Å²) in [6, 6.07) is 19.4. The summed E-state index contributed by atoms with van der Waals surface area (Å²) >= 11 is 0. The number of hydrogen-bond acceptors (Lipinski definition) is 3. The molecular weight excluding hydrogens is 326 g/mol.